The Morgan fingerprint density at radius 1 is 1.10 bits per heavy atom. The van der Waals surface area contributed by atoms with Crippen molar-refractivity contribution in [2.24, 2.45) is 0 Å². The van der Waals surface area contributed by atoms with Crippen LogP contribution >= 0.6 is 11.3 Å². The van der Waals surface area contributed by atoms with Gasteiger partial charge in [-0.05, 0) is 44.2 Å². The number of rotatable bonds is 4. The largest absolute Gasteiger partial charge is 0.439 e. The zero-order chi connectivity index (χ0) is 21.5. The maximum atomic E-state index is 13.2. The van der Waals surface area contributed by atoms with Gasteiger partial charge < -0.3 is 9.84 Å². The van der Waals surface area contributed by atoms with E-state index in [0.717, 1.165) is 9.75 Å². The number of hydrogen-bond donors (Lipinski definition) is 2. The molecule has 0 saturated heterocycles. The molecule has 9 nitrogen and oxygen atoms in total. The van der Waals surface area contributed by atoms with Gasteiger partial charge in [-0.2, -0.15) is 0 Å². The van der Waals surface area contributed by atoms with Crippen LogP contribution in [0, 0.1) is 13.8 Å². The topological polar surface area (TPSA) is 127 Å². The van der Waals surface area contributed by atoms with Gasteiger partial charge in [0.1, 0.15) is 0 Å². The number of anilines is 1. The number of aryl methyl sites for hydroxylation is 2. The normalized spacial score (nSPS) is 11.2. The molecular weight excluding hydrogens is 418 g/mol. The fourth-order valence-corrected chi connectivity index (χ4v) is 4.10. The third kappa shape index (κ3) is 3.53. The summed E-state index contributed by atoms with van der Waals surface area (Å²) in [5, 5.41) is 11.1. The van der Waals surface area contributed by atoms with Gasteiger partial charge in [0.2, 0.25) is 0 Å². The maximum Gasteiger partial charge on any atom is 0.439 e. The molecule has 0 saturated carbocycles. The van der Waals surface area contributed by atoms with Gasteiger partial charge in [-0.1, -0.05) is 22.4 Å². The Kier molecular flexibility index (Phi) is 4.48. The minimum absolute atomic E-state index is 0.276. The molecule has 0 aliphatic carbocycles. The quantitative estimate of drug-likeness (QED) is 0.435. The van der Waals surface area contributed by atoms with E-state index in [-0.39, 0.29) is 11.7 Å². The molecule has 5 rings (SSSR count). The van der Waals surface area contributed by atoms with Gasteiger partial charge in [0, 0.05) is 16.1 Å². The van der Waals surface area contributed by atoms with E-state index in [1.807, 2.05) is 19.1 Å². The highest BCUT2D eigenvalue weighted by molar-refractivity contribution is 7.15. The van der Waals surface area contributed by atoms with E-state index in [9.17, 15) is 9.59 Å². The lowest BCUT2D eigenvalue weighted by Crippen LogP contribution is -2.13. The summed E-state index contributed by atoms with van der Waals surface area (Å²) in [7, 11) is 0. The van der Waals surface area contributed by atoms with Gasteiger partial charge >= 0.3 is 5.76 Å². The minimum atomic E-state index is -0.650. The standard InChI is InChI=1S/C21H15N5O4S/c1-10-6-7-16(31-10)15-9-14(17-11(2)25-29-20(17)23-15)19(27)22-13-5-3-4-12(8-13)18-24-21(28)30-26-18/h3-9H,1-2H3,(H,22,27)(H,24,26,28). The van der Waals surface area contributed by atoms with E-state index >= 15 is 0 Å². The molecule has 10 heteroatoms. The number of carbonyl (C=O) groups is 1. The second-order valence-corrected chi connectivity index (χ2v) is 8.18. The molecule has 0 atom stereocenters. The minimum Gasteiger partial charge on any atom is -0.335 e. The summed E-state index contributed by atoms with van der Waals surface area (Å²) in [6, 6.07) is 12.6. The number of hydrogen-bond acceptors (Lipinski definition) is 8. The Morgan fingerprint density at radius 2 is 1.97 bits per heavy atom. The summed E-state index contributed by atoms with van der Waals surface area (Å²) in [5.41, 5.74) is 3.06. The molecule has 5 aromatic rings. The van der Waals surface area contributed by atoms with Crippen molar-refractivity contribution in [3.63, 3.8) is 0 Å². The summed E-state index contributed by atoms with van der Waals surface area (Å²) in [6.45, 7) is 3.77. The van der Waals surface area contributed by atoms with Crippen LogP contribution in [-0.4, -0.2) is 26.2 Å². The zero-order valence-electron chi connectivity index (χ0n) is 16.4. The van der Waals surface area contributed by atoms with Gasteiger partial charge in [-0.3, -0.25) is 14.3 Å². The van der Waals surface area contributed by atoms with Crippen LogP contribution in [0.4, 0.5) is 5.69 Å². The first-order valence-electron chi connectivity index (χ1n) is 9.29. The SMILES string of the molecule is Cc1ccc(-c2cc(C(=O)Nc3cccc(-c4noc(=O)[nH]4)c3)c3c(C)noc3n2)s1. The van der Waals surface area contributed by atoms with E-state index in [0.29, 0.717) is 39.3 Å². The fraction of sp³-hybridized carbons (Fsp3) is 0.0952. The molecule has 0 radical (unpaired) electrons. The van der Waals surface area contributed by atoms with Gasteiger partial charge in [-0.25, -0.2) is 9.78 Å². The molecule has 0 fully saturated rings. The van der Waals surface area contributed by atoms with Crippen LogP contribution in [-0.2, 0) is 0 Å². The van der Waals surface area contributed by atoms with E-state index < -0.39 is 5.76 Å². The number of amides is 1. The van der Waals surface area contributed by atoms with Gasteiger partial charge in [0.15, 0.2) is 5.82 Å². The number of carbonyl (C=O) groups excluding carboxylic acids is 1. The Hall–Kier alpha value is -4.05. The number of H-pyrrole nitrogens is 1. The van der Waals surface area contributed by atoms with E-state index in [1.165, 1.54) is 0 Å². The average Bonchev–Trinajstić information content (AvgIpc) is 3.48. The molecule has 0 bridgehead atoms. The summed E-state index contributed by atoms with van der Waals surface area (Å²) < 4.78 is 9.90. The number of pyridine rings is 1. The molecule has 31 heavy (non-hydrogen) atoms. The lowest BCUT2D eigenvalue weighted by Gasteiger charge is -2.08. The number of aromatic amines is 1. The van der Waals surface area contributed by atoms with Crippen molar-refractivity contribution in [3.8, 4) is 22.0 Å². The van der Waals surface area contributed by atoms with Crippen molar-refractivity contribution in [3.05, 3.63) is 69.1 Å². The van der Waals surface area contributed by atoms with Crippen molar-refractivity contribution >= 4 is 34.0 Å². The first-order valence-corrected chi connectivity index (χ1v) is 10.1. The number of aromatic nitrogens is 4. The van der Waals surface area contributed by atoms with E-state index in [2.05, 4.69) is 30.1 Å². The third-order valence-corrected chi connectivity index (χ3v) is 5.71. The molecule has 4 heterocycles. The second-order valence-electron chi connectivity index (χ2n) is 6.89. The molecule has 2 N–H and O–H groups in total. The van der Waals surface area contributed by atoms with Crippen LogP contribution in [0.25, 0.3) is 33.1 Å². The van der Waals surface area contributed by atoms with Gasteiger partial charge in [-0.15, -0.1) is 11.3 Å². The number of nitrogens with one attached hydrogen (secondary N) is 2. The number of fused-ring (bicyclic) bond motifs is 1. The summed E-state index contributed by atoms with van der Waals surface area (Å²) in [6.07, 6.45) is 0. The highest BCUT2D eigenvalue weighted by Gasteiger charge is 2.20. The molecular formula is C21H15N5O4S. The number of thiophene rings is 1. The van der Waals surface area contributed by atoms with Gasteiger partial charge in [0.25, 0.3) is 11.6 Å². The zero-order valence-corrected chi connectivity index (χ0v) is 17.2. The molecule has 0 unspecified atom stereocenters. The summed E-state index contributed by atoms with van der Waals surface area (Å²) in [5.74, 6) is -0.709. The molecule has 4 aromatic heterocycles. The molecule has 0 aliphatic heterocycles. The Balaban J connectivity index is 1.54. The summed E-state index contributed by atoms with van der Waals surface area (Å²) in [4.78, 5) is 33.5. The van der Waals surface area contributed by atoms with Crippen LogP contribution in [0.1, 0.15) is 20.9 Å². The lowest BCUT2D eigenvalue weighted by molar-refractivity contribution is 0.102. The van der Waals surface area contributed by atoms with Crippen LogP contribution in [0.15, 0.2) is 56.3 Å². The third-order valence-electron chi connectivity index (χ3n) is 4.69. The van der Waals surface area contributed by atoms with E-state index in [4.69, 9.17) is 4.52 Å². The van der Waals surface area contributed by atoms with Crippen LogP contribution in [0.5, 0.6) is 0 Å². The number of nitrogens with zero attached hydrogens (tertiary/aromatic N) is 3. The predicted octanol–water partition coefficient (Wildman–Crippen LogP) is 4.16. The average molecular weight is 433 g/mol. The van der Waals surface area contributed by atoms with Crippen LogP contribution < -0.4 is 11.1 Å². The van der Waals surface area contributed by atoms with Crippen LogP contribution in [0.3, 0.4) is 0 Å². The molecule has 0 aliphatic rings. The maximum absolute atomic E-state index is 13.2. The Morgan fingerprint density at radius 3 is 2.71 bits per heavy atom. The lowest BCUT2D eigenvalue weighted by atomic mass is 10.1. The summed E-state index contributed by atoms with van der Waals surface area (Å²) >= 11 is 1.58. The van der Waals surface area contributed by atoms with E-state index in [1.54, 1.807) is 48.6 Å². The highest BCUT2D eigenvalue weighted by atomic mass is 32.1. The van der Waals surface area contributed by atoms with Gasteiger partial charge in [0.05, 0.1) is 27.2 Å². The monoisotopic (exact) mass is 433 g/mol. The molecule has 0 spiro atoms. The Bertz CT molecular complexity index is 1490. The van der Waals surface area contributed by atoms with Crippen molar-refractivity contribution in [1.29, 1.82) is 0 Å². The second kappa shape index (κ2) is 7.33. The molecule has 1 aromatic carbocycles. The number of benzene rings is 1. The highest BCUT2D eigenvalue weighted by Crippen LogP contribution is 2.31. The smallest absolute Gasteiger partial charge is 0.335 e. The Labute approximate surface area is 178 Å². The predicted molar refractivity (Wildman–Crippen MR) is 115 cm³/mol. The van der Waals surface area contributed by atoms with Crippen LogP contribution in [0.2, 0.25) is 0 Å². The fourth-order valence-electron chi connectivity index (χ4n) is 3.27. The first kappa shape index (κ1) is 18.9. The van der Waals surface area contributed by atoms with Crippen molar-refractivity contribution in [2.45, 2.75) is 13.8 Å². The van der Waals surface area contributed by atoms with Crippen molar-refractivity contribution in [1.82, 2.24) is 20.3 Å². The van der Waals surface area contributed by atoms with Crippen molar-refractivity contribution in [2.75, 3.05) is 5.32 Å². The molecule has 1 amide bonds. The van der Waals surface area contributed by atoms with Crippen molar-refractivity contribution < 1.29 is 13.8 Å². The molecule has 154 valence electrons. The first-order chi connectivity index (χ1) is 15.0.